The highest BCUT2D eigenvalue weighted by Crippen LogP contribution is 2.16. The number of urea groups is 1. The summed E-state index contributed by atoms with van der Waals surface area (Å²) in [7, 11) is 0. The molecule has 0 spiro atoms. The van der Waals surface area contributed by atoms with Crippen LogP contribution in [-0.2, 0) is 11.2 Å². The van der Waals surface area contributed by atoms with Gasteiger partial charge in [-0.05, 0) is 13.8 Å². The minimum absolute atomic E-state index is 0.0139. The van der Waals surface area contributed by atoms with Crippen molar-refractivity contribution in [3.8, 4) is 0 Å². The lowest BCUT2D eigenvalue weighted by Crippen LogP contribution is -2.40. The van der Waals surface area contributed by atoms with Crippen molar-refractivity contribution < 1.29 is 9.59 Å². The van der Waals surface area contributed by atoms with Gasteiger partial charge >= 0.3 is 6.03 Å². The third-order valence-corrected chi connectivity index (χ3v) is 2.72. The van der Waals surface area contributed by atoms with E-state index >= 15 is 0 Å². The van der Waals surface area contributed by atoms with Crippen LogP contribution in [0.1, 0.15) is 19.7 Å². The van der Waals surface area contributed by atoms with Gasteiger partial charge in [-0.15, -0.1) is 0 Å². The topological polar surface area (TPSA) is 140 Å². The summed E-state index contributed by atoms with van der Waals surface area (Å²) >= 11 is 0. The van der Waals surface area contributed by atoms with Gasteiger partial charge in [0.2, 0.25) is 11.9 Å². The molecule has 3 amide bonds. The molecule has 0 radical (unpaired) electrons. The van der Waals surface area contributed by atoms with Crippen molar-refractivity contribution >= 4 is 23.8 Å². The predicted molar refractivity (Wildman–Crippen MR) is 66.7 cm³/mol. The van der Waals surface area contributed by atoms with E-state index in [1.807, 2.05) is 0 Å². The molecule has 9 nitrogen and oxygen atoms in total. The lowest BCUT2D eigenvalue weighted by Gasteiger charge is -2.15. The molecular formula is C10H15N7O2. The van der Waals surface area contributed by atoms with E-state index in [2.05, 4.69) is 20.3 Å². The predicted octanol–water partition coefficient (Wildman–Crippen LogP) is -1.09. The third kappa shape index (κ3) is 2.54. The van der Waals surface area contributed by atoms with Crippen LogP contribution in [0.2, 0.25) is 0 Å². The second-order valence-electron chi connectivity index (χ2n) is 4.73. The van der Waals surface area contributed by atoms with Crippen molar-refractivity contribution in [2.75, 3.05) is 18.0 Å². The zero-order valence-corrected chi connectivity index (χ0v) is 10.7. The molecule has 5 N–H and O–H groups in total. The zero-order chi connectivity index (χ0) is 14.2. The average Bonchev–Trinajstić information content (AvgIpc) is 2.45. The number of imide groups is 1. The molecule has 0 aliphatic carbocycles. The first kappa shape index (κ1) is 13.0. The Morgan fingerprint density at radius 3 is 2.21 bits per heavy atom. The number of amides is 3. The second kappa shape index (κ2) is 4.34. The van der Waals surface area contributed by atoms with Gasteiger partial charge in [-0.2, -0.15) is 15.0 Å². The summed E-state index contributed by atoms with van der Waals surface area (Å²) in [4.78, 5) is 36.1. The first-order chi connectivity index (χ1) is 8.79. The van der Waals surface area contributed by atoms with E-state index < -0.39 is 11.6 Å². The number of carbonyl (C=O) groups excluding carboxylic acids is 2. The fourth-order valence-electron chi connectivity index (χ4n) is 1.80. The molecule has 1 aliphatic heterocycles. The standard InChI is InChI=1S/C10H15N7O2/c1-10(2)6(18)17(9(19)16-10)4-3-5-13-7(11)15-8(12)14-5/h3-4H2,1-2H3,(H,16,19)(H4,11,12,13,14,15). The van der Waals surface area contributed by atoms with Gasteiger partial charge in [0.25, 0.3) is 5.91 Å². The van der Waals surface area contributed by atoms with Crippen molar-refractivity contribution in [3.05, 3.63) is 5.82 Å². The van der Waals surface area contributed by atoms with E-state index in [1.54, 1.807) is 13.8 Å². The summed E-state index contributed by atoms with van der Waals surface area (Å²) in [6.45, 7) is 3.45. The number of nitrogen functional groups attached to an aromatic ring is 2. The van der Waals surface area contributed by atoms with Crippen LogP contribution in [0, 0.1) is 0 Å². The molecule has 0 saturated carbocycles. The molecule has 9 heteroatoms. The smallest absolute Gasteiger partial charge is 0.325 e. The maximum atomic E-state index is 11.9. The number of carbonyl (C=O) groups is 2. The highest BCUT2D eigenvalue weighted by molar-refractivity contribution is 6.06. The van der Waals surface area contributed by atoms with Crippen LogP contribution in [0.25, 0.3) is 0 Å². The maximum absolute atomic E-state index is 11.9. The molecule has 102 valence electrons. The summed E-state index contributed by atoms with van der Waals surface area (Å²) in [6, 6.07) is -0.426. The highest BCUT2D eigenvalue weighted by Gasteiger charge is 2.43. The number of nitrogens with one attached hydrogen (secondary N) is 1. The van der Waals surface area contributed by atoms with Crippen LogP contribution >= 0.6 is 0 Å². The van der Waals surface area contributed by atoms with Crippen LogP contribution in [0.3, 0.4) is 0 Å². The Morgan fingerprint density at radius 2 is 1.74 bits per heavy atom. The molecule has 2 heterocycles. The normalized spacial score (nSPS) is 17.7. The Labute approximate surface area is 109 Å². The van der Waals surface area contributed by atoms with E-state index in [-0.39, 0.29) is 30.8 Å². The third-order valence-electron chi connectivity index (χ3n) is 2.72. The summed E-state index contributed by atoms with van der Waals surface area (Å²) in [5.41, 5.74) is 10.00. The summed E-state index contributed by atoms with van der Waals surface area (Å²) in [6.07, 6.45) is 0.270. The van der Waals surface area contributed by atoms with E-state index in [0.717, 1.165) is 4.90 Å². The first-order valence-electron chi connectivity index (χ1n) is 5.69. The van der Waals surface area contributed by atoms with Crippen molar-refractivity contribution in [2.45, 2.75) is 25.8 Å². The second-order valence-corrected chi connectivity index (χ2v) is 4.73. The number of hydrogen-bond donors (Lipinski definition) is 3. The maximum Gasteiger partial charge on any atom is 0.325 e. The van der Waals surface area contributed by atoms with Crippen LogP contribution < -0.4 is 16.8 Å². The molecule has 1 aliphatic rings. The number of aromatic nitrogens is 3. The van der Waals surface area contributed by atoms with E-state index in [9.17, 15) is 9.59 Å². The number of nitrogens with zero attached hydrogens (tertiary/aromatic N) is 4. The first-order valence-corrected chi connectivity index (χ1v) is 5.69. The minimum Gasteiger partial charge on any atom is -0.368 e. The lowest BCUT2D eigenvalue weighted by atomic mass is 10.1. The highest BCUT2D eigenvalue weighted by atomic mass is 16.2. The summed E-state index contributed by atoms with van der Waals surface area (Å²) < 4.78 is 0. The zero-order valence-electron chi connectivity index (χ0n) is 10.7. The van der Waals surface area contributed by atoms with Gasteiger partial charge in [-0.25, -0.2) is 4.79 Å². The molecular weight excluding hydrogens is 250 g/mol. The van der Waals surface area contributed by atoms with Crippen LogP contribution in [0.4, 0.5) is 16.7 Å². The Bertz CT molecular complexity index is 522. The molecule has 0 atom stereocenters. The van der Waals surface area contributed by atoms with Crippen LogP contribution in [-0.4, -0.2) is 43.9 Å². The molecule has 0 bridgehead atoms. The van der Waals surface area contributed by atoms with Gasteiger partial charge in [0, 0.05) is 13.0 Å². The van der Waals surface area contributed by atoms with Crippen molar-refractivity contribution in [3.63, 3.8) is 0 Å². The number of anilines is 2. The molecule has 0 unspecified atom stereocenters. The Hall–Kier alpha value is -2.45. The van der Waals surface area contributed by atoms with Gasteiger partial charge in [-0.3, -0.25) is 9.69 Å². The van der Waals surface area contributed by atoms with Crippen LogP contribution in [0.5, 0.6) is 0 Å². The van der Waals surface area contributed by atoms with Crippen molar-refractivity contribution in [1.82, 2.24) is 25.2 Å². The number of hydrogen-bond acceptors (Lipinski definition) is 7. The molecule has 1 fully saturated rings. The van der Waals surface area contributed by atoms with E-state index in [4.69, 9.17) is 11.5 Å². The van der Waals surface area contributed by atoms with E-state index in [0.29, 0.717) is 5.82 Å². The summed E-state index contributed by atoms with van der Waals surface area (Å²) in [5, 5.41) is 2.59. The molecule has 2 rings (SSSR count). The van der Waals surface area contributed by atoms with Crippen molar-refractivity contribution in [1.29, 1.82) is 0 Å². The monoisotopic (exact) mass is 265 g/mol. The lowest BCUT2D eigenvalue weighted by molar-refractivity contribution is -0.130. The summed E-state index contributed by atoms with van der Waals surface area (Å²) in [5.74, 6) is 0.0860. The molecule has 19 heavy (non-hydrogen) atoms. The fraction of sp³-hybridized carbons (Fsp3) is 0.500. The minimum atomic E-state index is -0.881. The van der Waals surface area contributed by atoms with Gasteiger partial charge in [0.1, 0.15) is 11.4 Å². The average molecular weight is 265 g/mol. The quantitative estimate of drug-likeness (QED) is 0.589. The SMILES string of the molecule is CC1(C)NC(=O)N(CCc2nc(N)nc(N)n2)C1=O. The Kier molecular flexibility index (Phi) is 2.97. The van der Waals surface area contributed by atoms with E-state index in [1.165, 1.54) is 0 Å². The molecule has 1 saturated heterocycles. The number of nitrogens with two attached hydrogens (primary N) is 2. The van der Waals surface area contributed by atoms with Gasteiger partial charge < -0.3 is 16.8 Å². The van der Waals surface area contributed by atoms with Gasteiger partial charge in [0.15, 0.2) is 0 Å². The number of rotatable bonds is 3. The van der Waals surface area contributed by atoms with Crippen LogP contribution in [0.15, 0.2) is 0 Å². The Morgan fingerprint density at radius 1 is 1.16 bits per heavy atom. The van der Waals surface area contributed by atoms with Gasteiger partial charge in [0.05, 0.1) is 0 Å². The largest absolute Gasteiger partial charge is 0.368 e. The molecule has 0 aromatic carbocycles. The van der Waals surface area contributed by atoms with Gasteiger partial charge in [-0.1, -0.05) is 0 Å². The Balaban J connectivity index is 2.07. The fourth-order valence-corrected chi connectivity index (χ4v) is 1.80. The molecule has 1 aromatic rings. The molecule has 1 aromatic heterocycles. The van der Waals surface area contributed by atoms with Crippen molar-refractivity contribution in [2.24, 2.45) is 0 Å².